The fourth-order valence-corrected chi connectivity index (χ4v) is 1.61. The molecular weight excluding hydrogens is 202 g/mol. The number of aromatic nitrogens is 2. The maximum absolute atomic E-state index is 11.7. The molecule has 0 bridgehead atoms. The van der Waals surface area contributed by atoms with Gasteiger partial charge < -0.3 is 4.90 Å². The molecule has 0 aliphatic carbocycles. The van der Waals surface area contributed by atoms with Crippen LogP contribution in [0.15, 0.2) is 42.7 Å². The minimum absolute atomic E-state index is 0.118. The number of hydrogen-bond donors (Lipinski definition) is 0. The first kappa shape index (κ1) is 9.15. The van der Waals surface area contributed by atoms with Crippen LogP contribution in [0.4, 0.5) is 0 Å². The second-order valence-electron chi connectivity index (χ2n) is 3.79. The van der Waals surface area contributed by atoms with E-state index >= 15 is 0 Å². The lowest BCUT2D eigenvalue weighted by molar-refractivity contribution is 0.0885. The largest absolute Gasteiger partial charge is 0.335 e. The van der Waals surface area contributed by atoms with Gasteiger partial charge in [0.1, 0.15) is 0 Å². The number of carbonyl (C=O) groups is 1. The number of amides is 1. The Bertz CT molecular complexity index is 498. The van der Waals surface area contributed by atoms with Crippen LogP contribution in [-0.2, 0) is 0 Å². The average molecular weight is 213 g/mol. The predicted octanol–water partition coefficient (Wildman–Crippen LogP) is 1.33. The third-order valence-electron chi connectivity index (χ3n) is 2.62. The number of rotatable bonds is 2. The van der Waals surface area contributed by atoms with Crippen molar-refractivity contribution in [2.24, 2.45) is 0 Å². The Morgan fingerprint density at radius 1 is 1.19 bits per heavy atom. The average Bonchev–Trinajstić information content (AvgIpc) is 3.04. The van der Waals surface area contributed by atoms with Gasteiger partial charge in [-0.25, -0.2) is 4.68 Å². The molecule has 2 heterocycles. The van der Waals surface area contributed by atoms with Crippen LogP contribution in [0.2, 0.25) is 0 Å². The summed E-state index contributed by atoms with van der Waals surface area (Å²) in [5.74, 6) is 0.118. The molecule has 1 saturated heterocycles. The molecule has 0 unspecified atom stereocenters. The van der Waals surface area contributed by atoms with Crippen molar-refractivity contribution in [1.29, 1.82) is 0 Å². The lowest BCUT2D eigenvalue weighted by atomic mass is 10.2. The van der Waals surface area contributed by atoms with E-state index in [0.717, 1.165) is 24.3 Å². The van der Waals surface area contributed by atoms with Gasteiger partial charge in [0.25, 0.3) is 5.91 Å². The molecule has 1 aromatic heterocycles. The van der Waals surface area contributed by atoms with Gasteiger partial charge in [0.15, 0.2) is 0 Å². The second kappa shape index (κ2) is 3.48. The van der Waals surface area contributed by atoms with Crippen LogP contribution >= 0.6 is 0 Å². The highest BCUT2D eigenvalue weighted by Gasteiger charge is 2.24. The van der Waals surface area contributed by atoms with E-state index in [9.17, 15) is 4.79 Å². The zero-order valence-electron chi connectivity index (χ0n) is 8.71. The van der Waals surface area contributed by atoms with Gasteiger partial charge in [0, 0.05) is 31.0 Å². The zero-order chi connectivity index (χ0) is 11.0. The van der Waals surface area contributed by atoms with Gasteiger partial charge in [-0.15, -0.1) is 0 Å². The molecule has 80 valence electrons. The summed E-state index contributed by atoms with van der Waals surface area (Å²) >= 11 is 0. The van der Waals surface area contributed by atoms with Crippen LogP contribution in [0.25, 0.3) is 5.69 Å². The highest BCUT2D eigenvalue weighted by molar-refractivity contribution is 5.95. The fourth-order valence-electron chi connectivity index (χ4n) is 1.61. The Kier molecular flexibility index (Phi) is 1.99. The molecule has 0 saturated carbocycles. The monoisotopic (exact) mass is 213 g/mol. The van der Waals surface area contributed by atoms with Crippen LogP contribution in [-0.4, -0.2) is 33.7 Å². The molecule has 2 aromatic rings. The molecule has 0 spiro atoms. The van der Waals surface area contributed by atoms with E-state index in [0.29, 0.717) is 0 Å². The van der Waals surface area contributed by atoms with E-state index in [4.69, 9.17) is 0 Å². The molecule has 4 nitrogen and oxygen atoms in total. The summed E-state index contributed by atoms with van der Waals surface area (Å²) in [6.07, 6.45) is 3.61. The van der Waals surface area contributed by atoms with Gasteiger partial charge in [-0.3, -0.25) is 4.79 Å². The van der Waals surface area contributed by atoms with Crippen molar-refractivity contribution in [3.63, 3.8) is 0 Å². The van der Waals surface area contributed by atoms with Crippen LogP contribution in [0.3, 0.4) is 0 Å². The number of hydrogen-bond acceptors (Lipinski definition) is 2. The van der Waals surface area contributed by atoms with Gasteiger partial charge in [-0.05, 0) is 30.3 Å². The van der Waals surface area contributed by atoms with Gasteiger partial charge in [0.2, 0.25) is 0 Å². The molecule has 0 radical (unpaired) electrons. The van der Waals surface area contributed by atoms with E-state index in [-0.39, 0.29) is 5.91 Å². The number of carbonyl (C=O) groups excluding carboxylic acids is 1. The molecular formula is C12H11N3O. The Labute approximate surface area is 93.1 Å². The SMILES string of the molecule is O=C(c1ccc(-n2cccn2)cc1)N1CC1. The molecule has 0 N–H and O–H groups in total. The summed E-state index contributed by atoms with van der Waals surface area (Å²) in [5.41, 5.74) is 1.71. The molecule has 1 aromatic carbocycles. The summed E-state index contributed by atoms with van der Waals surface area (Å²) in [6.45, 7) is 1.78. The van der Waals surface area contributed by atoms with Crippen LogP contribution in [0.1, 0.15) is 10.4 Å². The van der Waals surface area contributed by atoms with Crippen LogP contribution < -0.4 is 0 Å². The highest BCUT2D eigenvalue weighted by Crippen LogP contribution is 2.14. The molecule has 16 heavy (non-hydrogen) atoms. The van der Waals surface area contributed by atoms with Crippen molar-refractivity contribution in [2.75, 3.05) is 13.1 Å². The minimum Gasteiger partial charge on any atom is -0.335 e. The molecule has 1 amide bonds. The van der Waals surface area contributed by atoms with Gasteiger partial charge in [0.05, 0.1) is 5.69 Å². The van der Waals surface area contributed by atoms with Crippen molar-refractivity contribution in [1.82, 2.24) is 14.7 Å². The maximum atomic E-state index is 11.7. The van der Waals surface area contributed by atoms with Gasteiger partial charge in [-0.1, -0.05) is 0 Å². The smallest absolute Gasteiger partial charge is 0.253 e. The topological polar surface area (TPSA) is 37.9 Å². The molecule has 1 fully saturated rings. The Morgan fingerprint density at radius 2 is 1.94 bits per heavy atom. The van der Waals surface area contributed by atoms with Crippen molar-refractivity contribution < 1.29 is 4.79 Å². The van der Waals surface area contributed by atoms with E-state index < -0.39 is 0 Å². The normalized spacial score (nSPS) is 13.9. The quantitative estimate of drug-likeness (QED) is 0.706. The molecule has 1 aliphatic heterocycles. The molecule has 0 atom stereocenters. The van der Waals surface area contributed by atoms with Gasteiger partial charge in [-0.2, -0.15) is 5.10 Å². The maximum Gasteiger partial charge on any atom is 0.253 e. The lowest BCUT2D eigenvalue weighted by Gasteiger charge is -2.04. The van der Waals surface area contributed by atoms with Crippen molar-refractivity contribution in [3.05, 3.63) is 48.3 Å². The summed E-state index contributed by atoms with van der Waals surface area (Å²) in [4.78, 5) is 13.5. The third kappa shape index (κ3) is 1.58. The summed E-state index contributed by atoms with van der Waals surface area (Å²) in [6, 6.07) is 9.37. The first-order valence-corrected chi connectivity index (χ1v) is 5.24. The fraction of sp³-hybridized carbons (Fsp3) is 0.167. The lowest BCUT2D eigenvalue weighted by Crippen LogP contribution is -2.10. The zero-order valence-corrected chi connectivity index (χ0v) is 8.71. The molecule has 4 heteroatoms. The van der Waals surface area contributed by atoms with Crippen LogP contribution in [0, 0.1) is 0 Å². The van der Waals surface area contributed by atoms with E-state index in [2.05, 4.69) is 5.10 Å². The summed E-state index contributed by atoms with van der Waals surface area (Å²) < 4.78 is 1.77. The van der Waals surface area contributed by atoms with E-state index in [1.165, 1.54) is 0 Å². The first-order chi connectivity index (χ1) is 7.84. The van der Waals surface area contributed by atoms with E-state index in [1.807, 2.05) is 41.4 Å². The van der Waals surface area contributed by atoms with Crippen molar-refractivity contribution in [3.8, 4) is 5.69 Å². The van der Waals surface area contributed by atoms with Crippen molar-refractivity contribution in [2.45, 2.75) is 0 Å². The van der Waals surface area contributed by atoms with Gasteiger partial charge >= 0.3 is 0 Å². The number of benzene rings is 1. The Balaban J connectivity index is 1.87. The predicted molar refractivity (Wildman–Crippen MR) is 59.5 cm³/mol. The van der Waals surface area contributed by atoms with E-state index in [1.54, 1.807) is 10.9 Å². The minimum atomic E-state index is 0.118. The summed E-state index contributed by atoms with van der Waals surface area (Å²) in [5, 5.41) is 4.13. The van der Waals surface area contributed by atoms with Crippen LogP contribution in [0.5, 0.6) is 0 Å². The number of nitrogens with zero attached hydrogens (tertiary/aromatic N) is 3. The summed E-state index contributed by atoms with van der Waals surface area (Å²) in [7, 11) is 0. The first-order valence-electron chi connectivity index (χ1n) is 5.24. The Morgan fingerprint density at radius 3 is 2.50 bits per heavy atom. The highest BCUT2D eigenvalue weighted by atomic mass is 16.2. The third-order valence-corrected chi connectivity index (χ3v) is 2.62. The standard InChI is InChI=1S/C12H11N3O/c16-12(14-8-9-14)10-2-4-11(5-3-10)15-7-1-6-13-15/h1-7H,8-9H2. The molecule has 1 aliphatic rings. The second-order valence-corrected chi connectivity index (χ2v) is 3.79. The molecule has 3 rings (SSSR count). The van der Waals surface area contributed by atoms with Crippen molar-refractivity contribution >= 4 is 5.91 Å². The Hall–Kier alpha value is -2.10.